The van der Waals surface area contributed by atoms with E-state index < -0.39 is 5.60 Å². The molecule has 4 heteroatoms. The van der Waals surface area contributed by atoms with Crippen molar-refractivity contribution in [1.82, 2.24) is 10.6 Å². The third kappa shape index (κ3) is 4.32. The van der Waals surface area contributed by atoms with Crippen molar-refractivity contribution >= 4 is 5.91 Å². The predicted octanol–water partition coefficient (Wildman–Crippen LogP) is 3.09. The first-order chi connectivity index (χ1) is 12.5. The van der Waals surface area contributed by atoms with Gasteiger partial charge in [0.15, 0.2) is 5.60 Å². The predicted molar refractivity (Wildman–Crippen MR) is 105 cm³/mol. The van der Waals surface area contributed by atoms with E-state index in [1.165, 1.54) is 11.1 Å². The molecule has 1 aliphatic heterocycles. The number of benzene rings is 2. The summed E-state index contributed by atoms with van der Waals surface area (Å²) in [6.07, 6.45) is 0.554. The number of amides is 1. The summed E-state index contributed by atoms with van der Waals surface area (Å²) in [5.74, 6) is -0.0413. The van der Waals surface area contributed by atoms with E-state index in [2.05, 4.69) is 66.1 Å². The van der Waals surface area contributed by atoms with Crippen LogP contribution in [0, 0.1) is 6.92 Å². The van der Waals surface area contributed by atoms with Crippen molar-refractivity contribution in [2.24, 2.45) is 0 Å². The van der Waals surface area contributed by atoms with Crippen LogP contribution in [-0.2, 0) is 16.0 Å². The van der Waals surface area contributed by atoms with Gasteiger partial charge in [-0.3, -0.25) is 4.79 Å². The molecule has 0 aliphatic carbocycles. The summed E-state index contributed by atoms with van der Waals surface area (Å²) < 4.78 is 6.02. The van der Waals surface area contributed by atoms with Gasteiger partial charge >= 0.3 is 0 Å². The second kappa shape index (κ2) is 8.02. The molecule has 0 unspecified atom stereocenters. The molecule has 2 aromatic carbocycles. The van der Waals surface area contributed by atoms with Crippen LogP contribution in [0.4, 0.5) is 0 Å². The molecule has 4 nitrogen and oxygen atoms in total. The van der Waals surface area contributed by atoms with Crippen molar-refractivity contribution in [1.29, 1.82) is 0 Å². The molecule has 138 valence electrons. The molecule has 1 amide bonds. The van der Waals surface area contributed by atoms with Gasteiger partial charge in [0.25, 0.3) is 5.91 Å². The molecule has 2 aromatic rings. The first kappa shape index (κ1) is 18.6. The Morgan fingerprint density at radius 2 is 1.96 bits per heavy atom. The van der Waals surface area contributed by atoms with E-state index in [9.17, 15) is 4.79 Å². The van der Waals surface area contributed by atoms with Gasteiger partial charge < -0.3 is 15.4 Å². The minimum atomic E-state index is -0.853. The summed E-state index contributed by atoms with van der Waals surface area (Å²) in [4.78, 5) is 12.9. The van der Waals surface area contributed by atoms with Gasteiger partial charge in [0.1, 0.15) is 0 Å². The minimum absolute atomic E-state index is 0.0413. The van der Waals surface area contributed by atoms with Crippen LogP contribution in [0.2, 0.25) is 0 Å². The quantitative estimate of drug-likeness (QED) is 0.869. The highest BCUT2D eigenvalue weighted by atomic mass is 16.5. The van der Waals surface area contributed by atoms with Crippen molar-refractivity contribution in [3.8, 4) is 11.1 Å². The van der Waals surface area contributed by atoms with E-state index in [0.717, 1.165) is 17.7 Å². The third-order valence-corrected chi connectivity index (χ3v) is 4.70. The van der Waals surface area contributed by atoms with Crippen molar-refractivity contribution in [3.05, 3.63) is 59.7 Å². The smallest absolute Gasteiger partial charge is 0.254 e. The normalized spacial score (nSPS) is 20.2. The Morgan fingerprint density at radius 1 is 1.19 bits per heavy atom. The van der Waals surface area contributed by atoms with Crippen LogP contribution < -0.4 is 10.6 Å². The van der Waals surface area contributed by atoms with Crippen LogP contribution in [0.15, 0.2) is 48.5 Å². The number of carbonyl (C=O) groups is 1. The van der Waals surface area contributed by atoms with Gasteiger partial charge in [0.05, 0.1) is 6.61 Å². The van der Waals surface area contributed by atoms with Gasteiger partial charge in [-0.2, -0.15) is 0 Å². The largest absolute Gasteiger partial charge is 0.362 e. The maximum atomic E-state index is 12.9. The van der Waals surface area contributed by atoms with Crippen molar-refractivity contribution in [2.45, 2.75) is 38.8 Å². The van der Waals surface area contributed by atoms with Gasteiger partial charge in [-0.25, -0.2) is 0 Å². The van der Waals surface area contributed by atoms with E-state index in [-0.39, 0.29) is 11.9 Å². The van der Waals surface area contributed by atoms with Crippen LogP contribution in [0.5, 0.6) is 0 Å². The molecule has 0 radical (unpaired) electrons. The number of ether oxygens (including phenoxy) is 1. The second-order valence-electron chi connectivity index (χ2n) is 7.39. The molecule has 3 rings (SSSR count). The number of hydrogen-bond donors (Lipinski definition) is 2. The summed E-state index contributed by atoms with van der Waals surface area (Å²) in [5, 5.41) is 6.34. The van der Waals surface area contributed by atoms with E-state index in [0.29, 0.717) is 19.6 Å². The topological polar surface area (TPSA) is 50.4 Å². The lowest BCUT2D eigenvalue weighted by Gasteiger charge is -2.37. The molecule has 1 fully saturated rings. The average Bonchev–Trinajstić information content (AvgIpc) is 2.63. The summed E-state index contributed by atoms with van der Waals surface area (Å²) in [5.41, 5.74) is 3.84. The standard InChI is InChI=1S/C22H28N2O2/c1-16(2)24-21(25)22(15-23-11-12-26-22)14-18-5-4-6-20(13-18)19-9-7-17(3)8-10-19/h4-10,13,16,23H,11-12,14-15H2,1-3H3,(H,24,25)/t22-/m1/s1. The zero-order chi connectivity index (χ0) is 18.6. The maximum Gasteiger partial charge on any atom is 0.254 e. The van der Waals surface area contributed by atoms with E-state index >= 15 is 0 Å². The maximum absolute atomic E-state index is 12.9. The Morgan fingerprint density at radius 3 is 2.62 bits per heavy atom. The fourth-order valence-corrected chi connectivity index (χ4v) is 3.33. The summed E-state index contributed by atoms with van der Waals surface area (Å²) in [7, 11) is 0. The summed E-state index contributed by atoms with van der Waals surface area (Å²) in [6, 6.07) is 17.0. The number of aryl methyl sites for hydroxylation is 1. The number of carbonyl (C=O) groups excluding carboxylic acids is 1. The fourth-order valence-electron chi connectivity index (χ4n) is 3.33. The molecular formula is C22H28N2O2. The van der Waals surface area contributed by atoms with Gasteiger partial charge in [-0.05, 0) is 37.5 Å². The molecule has 1 saturated heterocycles. The van der Waals surface area contributed by atoms with Gasteiger partial charge in [0, 0.05) is 25.6 Å². The Hall–Kier alpha value is -2.17. The zero-order valence-electron chi connectivity index (χ0n) is 15.8. The highest BCUT2D eigenvalue weighted by Gasteiger charge is 2.41. The van der Waals surface area contributed by atoms with Crippen LogP contribution >= 0.6 is 0 Å². The van der Waals surface area contributed by atoms with Crippen molar-refractivity contribution < 1.29 is 9.53 Å². The SMILES string of the molecule is Cc1ccc(-c2cccc(C[C@]3(C(=O)NC(C)C)CNCCO3)c2)cc1. The molecule has 1 aliphatic rings. The van der Waals surface area contributed by atoms with Crippen LogP contribution in [-0.4, -0.2) is 37.2 Å². The number of nitrogens with one attached hydrogen (secondary N) is 2. The van der Waals surface area contributed by atoms with Crippen molar-refractivity contribution in [2.75, 3.05) is 19.7 Å². The number of hydrogen-bond acceptors (Lipinski definition) is 3. The molecular weight excluding hydrogens is 324 g/mol. The molecule has 0 aromatic heterocycles. The first-order valence-electron chi connectivity index (χ1n) is 9.30. The fraction of sp³-hybridized carbons (Fsp3) is 0.409. The lowest BCUT2D eigenvalue weighted by atomic mass is 9.90. The minimum Gasteiger partial charge on any atom is -0.362 e. The average molecular weight is 352 g/mol. The van der Waals surface area contributed by atoms with E-state index in [4.69, 9.17) is 4.74 Å². The van der Waals surface area contributed by atoms with Gasteiger partial charge in [-0.1, -0.05) is 54.1 Å². The summed E-state index contributed by atoms with van der Waals surface area (Å²) in [6.45, 7) is 7.88. The second-order valence-corrected chi connectivity index (χ2v) is 7.39. The zero-order valence-corrected chi connectivity index (χ0v) is 15.8. The van der Waals surface area contributed by atoms with E-state index in [1.54, 1.807) is 0 Å². The lowest BCUT2D eigenvalue weighted by molar-refractivity contribution is -0.151. The van der Waals surface area contributed by atoms with Gasteiger partial charge in [-0.15, -0.1) is 0 Å². The number of rotatable bonds is 5. The van der Waals surface area contributed by atoms with Crippen LogP contribution in [0.25, 0.3) is 11.1 Å². The van der Waals surface area contributed by atoms with E-state index in [1.807, 2.05) is 13.8 Å². The Balaban J connectivity index is 1.86. The molecule has 1 atom stereocenters. The Labute approximate surface area is 156 Å². The van der Waals surface area contributed by atoms with Gasteiger partial charge in [0.2, 0.25) is 0 Å². The van der Waals surface area contributed by atoms with Crippen molar-refractivity contribution in [3.63, 3.8) is 0 Å². The molecule has 26 heavy (non-hydrogen) atoms. The molecule has 0 saturated carbocycles. The highest BCUT2D eigenvalue weighted by molar-refractivity contribution is 5.86. The molecule has 0 spiro atoms. The Bertz CT molecular complexity index is 747. The highest BCUT2D eigenvalue weighted by Crippen LogP contribution is 2.25. The monoisotopic (exact) mass is 352 g/mol. The van der Waals surface area contributed by atoms with Crippen LogP contribution in [0.1, 0.15) is 25.0 Å². The molecule has 1 heterocycles. The Kier molecular flexibility index (Phi) is 5.74. The lowest BCUT2D eigenvalue weighted by Crippen LogP contribution is -2.61. The third-order valence-electron chi connectivity index (χ3n) is 4.70. The van der Waals surface area contributed by atoms with Crippen LogP contribution in [0.3, 0.4) is 0 Å². The molecule has 2 N–H and O–H groups in total. The molecule has 0 bridgehead atoms. The number of morpholine rings is 1. The summed E-state index contributed by atoms with van der Waals surface area (Å²) >= 11 is 0. The first-order valence-corrected chi connectivity index (χ1v) is 9.30.